The van der Waals surface area contributed by atoms with Gasteiger partial charge in [-0.25, -0.2) is 4.39 Å². The summed E-state index contributed by atoms with van der Waals surface area (Å²) in [5, 5.41) is 9.42. The van der Waals surface area contributed by atoms with Gasteiger partial charge in [0.25, 0.3) is 5.91 Å². The van der Waals surface area contributed by atoms with Crippen LogP contribution in [0.5, 0.6) is 0 Å². The molecule has 0 radical (unpaired) electrons. The highest BCUT2D eigenvalue weighted by Crippen LogP contribution is 2.20. The van der Waals surface area contributed by atoms with Crippen molar-refractivity contribution in [2.24, 2.45) is 5.92 Å². The van der Waals surface area contributed by atoms with E-state index >= 15 is 0 Å². The van der Waals surface area contributed by atoms with Gasteiger partial charge in [-0.05, 0) is 66.5 Å². The van der Waals surface area contributed by atoms with Gasteiger partial charge in [-0.3, -0.25) is 9.59 Å². The topological polar surface area (TPSA) is 61.4 Å². The van der Waals surface area contributed by atoms with Crippen molar-refractivity contribution in [1.29, 1.82) is 0 Å². The molecule has 1 aromatic heterocycles. The highest BCUT2D eigenvalue weighted by atomic mass is 32.1. The Hall–Kier alpha value is -2.25. The number of hydrogen-bond donors (Lipinski definition) is 2. The highest BCUT2D eigenvalue weighted by molar-refractivity contribution is 7.07. The predicted octanol–water partition coefficient (Wildman–Crippen LogP) is 3.49. The SMILES string of the molecule is CCN1CCCC(C(=O)Nc2cc(F)cc(C(=O)NCc3ccsc3)c2)C1. The minimum atomic E-state index is -0.549. The minimum Gasteiger partial charge on any atom is -0.348 e. The molecular formula is C20H24FN3O2S. The molecule has 2 heterocycles. The molecule has 1 aromatic carbocycles. The van der Waals surface area contributed by atoms with Crippen molar-refractivity contribution in [2.45, 2.75) is 26.3 Å². The lowest BCUT2D eigenvalue weighted by Crippen LogP contribution is -2.40. The lowest BCUT2D eigenvalue weighted by molar-refractivity contribution is -0.121. The number of halogens is 1. The summed E-state index contributed by atoms with van der Waals surface area (Å²) >= 11 is 1.55. The number of nitrogens with zero attached hydrogens (tertiary/aromatic N) is 1. The second-order valence-electron chi connectivity index (χ2n) is 6.76. The molecule has 2 amide bonds. The van der Waals surface area contributed by atoms with Gasteiger partial charge in [0.1, 0.15) is 5.82 Å². The Balaban J connectivity index is 1.64. The number of likely N-dealkylation sites (tertiary alicyclic amines) is 1. The monoisotopic (exact) mass is 389 g/mol. The van der Waals surface area contributed by atoms with E-state index in [0.29, 0.717) is 18.8 Å². The molecule has 144 valence electrons. The van der Waals surface area contributed by atoms with Crippen LogP contribution >= 0.6 is 11.3 Å². The molecule has 1 unspecified atom stereocenters. The number of carbonyl (C=O) groups excluding carboxylic acids is 2. The first-order valence-corrected chi connectivity index (χ1v) is 10.1. The summed E-state index contributed by atoms with van der Waals surface area (Å²) in [5.74, 6) is -1.15. The largest absolute Gasteiger partial charge is 0.348 e. The third kappa shape index (κ3) is 5.37. The van der Waals surface area contributed by atoms with Gasteiger partial charge < -0.3 is 15.5 Å². The summed E-state index contributed by atoms with van der Waals surface area (Å²) < 4.78 is 14.0. The van der Waals surface area contributed by atoms with Gasteiger partial charge in [0.15, 0.2) is 0 Å². The van der Waals surface area contributed by atoms with Crippen LogP contribution in [0.25, 0.3) is 0 Å². The van der Waals surface area contributed by atoms with Crippen LogP contribution in [0.15, 0.2) is 35.0 Å². The van der Waals surface area contributed by atoms with E-state index in [9.17, 15) is 14.0 Å². The first-order chi connectivity index (χ1) is 13.0. The first-order valence-electron chi connectivity index (χ1n) is 9.18. The van der Waals surface area contributed by atoms with Crippen LogP contribution in [0.3, 0.4) is 0 Å². The van der Waals surface area contributed by atoms with Crippen LogP contribution in [0.4, 0.5) is 10.1 Å². The predicted molar refractivity (Wildman–Crippen MR) is 105 cm³/mol. The number of amides is 2. The zero-order valence-electron chi connectivity index (χ0n) is 15.3. The van der Waals surface area contributed by atoms with E-state index < -0.39 is 5.82 Å². The molecule has 2 aromatic rings. The molecule has 1 aliphatic rings. The van der Waals surface area contributed by atoms with Gasteiger partial charge >= 0.3 is 0 Å². The second-order valence-corrected chi connectivity index (χ2v) is 7.54. The van der Waals surface area contributed by atoms with Gasteiger partial charge in [0, 0.05) is 24.3 Å². The summed E-state index contributed by atoms with van der Waals surface area (Å²) in [6.07, 6.45) is 1.80. The van der Waals surface area contributed by atoms with E-state index in [1.165, 1.54) is 18.2 Å². The van der Waals surface area contributed by atoms with Crippen molar-refractivity contribution in [1.82, 2.24) is 10.2 Å². The standard InChI is InChI=1S/C20H24FN3O2S/c1-2-24-6-3-4-15(12-24)20(26)23-18-9-16(8-17(21)10-18)19(25)22-11-14-5-7-27-13-14/h5,7-10,13,15H,2-4,6,11-12H2,1H3,(H,22,25)(H,23,26). The Kier molecular flexibility index (Phi) is 6.58. The maximum absolute atomic E-state index is 14.0. The van der Waals surface area contributed by atoms with E-state index in [4.69, 9.17) is 0 Å². The van der Waals surface area contributed by atoms with E-state index in [1.54, 1.807) is 11.3 Å². The lowest BCUT2D eigenvalue weighted by Gasteiger charge is -2.30. The van der Waals surface area contributed by atoms with E-state index in [2.05, 4.69) is 22.5 Å². The molecule has 1 saturated heterocycles. The molecule has 1 aliphatic heterocycles. The van der Waals surface area contributed by atoms with Crippen molar-refractivity contribution in [2.75, 3.05) is 25.0 Å². The van der Waals surface area contributed by atoms with Gasteiger partial charge in [-0.1, -0.05) is 6.92 Å². The summed E-state index contributed by atoms with van der Waals surface area (Å²) in [4.78, 5) is 27.1. The van der Waals surface area contributed by atoms with Crippen LogP contribution in [-0.2, 0) is 11.3 Å². The van der Waals surface area contributed by atoms with Crippen molar-refractivity contribution in [3.8, 4) is 0 Å². The Bertz CT molecular complexity index is 795. The maximum Gasteiger partial charge on any atom is 0.251 e. The fourth-order valence-corrected chi connectivity index (χ4v) is 3.94. The number of nitrogens with one attached hydrogen (secondary N) is 2. The normalized spacial score (nSPS) is 17.5. The van der Waals surface area contributed by atoms with Gasteiger partial charge in [-0.15, -0.1) is 0 Å². The van der Waals surface area contributed by atoms with Crippen LogP contribution < -0.4 is 10.6 Å². The van der Waals surface area contributed by atoms with Crippen molar-refractivity contribution in [3.05, 3.63) is 52.0 Å². The third-order valence-electron chi connectivity index (χ3n) is 4.78. The number of hydrogen-bond acceptors (Lipinski definition) is 4. The molecule has 0 saturated carbocycles. The number of benzene rings is 1. The van der Waals surface area contributed by atoms with E-state index in [-0.39, 0.29) is 23.3 Å². The Morgan fingerprint density at radius 1 is 1.33 bits per heavy atom. The van der Waals surface area contributed by atoms with Crippen molar-refractivity contribution < 1.29 is 14.0 Å². The van der Waals surface area contributed by atoms with Crippen LogP contribution in [0.1, 0.15) is 35.7 Å². The molecule has 0 bridgehead atoms. The molecule has 0 aliphatic carbocycles. The van der Waals surface area contributed by atoms with Gasteiger partial charge in [-0.2, -0.15) is 11.3 Å². The molecule has 5 nitrogen and oxygen atoms in total. The average Bonchev–Trinajstić information content (AvgIpc) is 3.19. The molecule has 1 atom stereocenters. The second kappa shape index (κ2) is 9.10. The molecule has 0 spiro atoms. The van der Waals surface area contributed by atoms with Crippen molar-refractivity contribution in [3.63, 3.8) is 0 Å². The fraction of sp³-hybridized carbons (Fsp3) is 0.400. The smallest absolute Gasteiger partial charge is 0.251 e. The molecule has 3 rings (SSSR count). The number of rotatable bonds is 6. The Morgan fingerprint density at radius 2 is 2.19 bits per heavy atom. The van der Waals surface area contributed by atoms with Crippen LogP contribution in [-0.4, -0.2) is 36.3 Å². The minimum absolute atomic E-state index is 0.113. The lowest BCUT2D eigenvalue weighted by atomic mass is 9.97. The zero-order chi connectivity index (χ0) is 19.2. The summed E-state index contributed by atoms with van der Waals surface area (Å²) in [6, 6.07) is 5.86. The zero-order valence-corrected chi connectivity index (χ0v) is 16.2. The Morgan fingerprint density at radius 3 is 2.93 bits per heavy atom. The van der Waals surface area contributed by atoms with Crippen LogP contribution in [0.2, 0.25) is 0 Å². The van der Waals surface area contributed by atoms with E-state index in [0.717, 1.165) is 31.5 Å². The number of anilines is 1. The third-order valence-corrected chi connectivity index (χ3v) is 5.52. The van der Waals surface area contributed by atoms with Crippen LogP contribution in [0, 0.1) is 11.7 Å². The quantitative estimate of drug-likeness (QED) is 0.795. The summed E-state index contributed by atoms with van der Waals surface area (Å²) in [5.41, 5.74) is 1.50. The molecule has 27 heavy (non-hydrogen) atoms. The van der Waals surface area contributed by atoms with Gasteiger partial charge in [0.05, 0.1) is 5.92 Å². The highest BCUT2D eigenvalue weighted by Gasteiger charge is 2.25. The van der Waals surface area contributed by atoms with Gasteiger partial charge in [0.2, 0.25) is 5.91 Å². The van der Waals surface area contributed by atoms with Crippen molar-refractivity contribution >= 4 is 28.8 Å². The number of piperidine rings is 1. The number of carbonyl (C=O) groups is 2. The summed E-state index contributed by atoms with van der Waals surface area (Å²) in [6.45, 7) is 5.10. The molecule has 7 heteroatoms. The molecular weight excluding hydrogens is 365 g/mol. The molecule has 1 fully saturated rings. The number of thiophene rings is 1. The maximum atomic E-state index is 14.0. The fourth-order valence-electron chi connectivity index (χ4n) is 3.27. The Labute approximate surface area is 162 Å². The van der Waals surface area contributed by atoms with E-state index in [1.807, 2.05) is 16.8 Å². The summed E-state index contributed by atoms with van der Waals surface area (Å²) in [7, 11) is 0. The molecule has 2 N–H and O–H groups in total. The first kappa shape index (κ1) is 19.5. The average molecular weight is 389 g/mol.